The first-order valence-electron chi connectivity index (χ1n) is 11.6. The van der Waals surface area contributed by atoms with Gasteiger partial charge >= 0.3 is 0 Å². The Balaban J connectivity index is 0.00000341. The molecular weight excluding hydrogens is 503 g/mol. The minimum atomic E-state index is 0. The predicted octanol–water partition coefficient (Wildman–Crippen LogP) is 2.48. The van der Waals surface area contributed by atoms with Gasteiger partial charge in [-0.1, -0.05) is 6.42 Å². The van der Waals surface area contributed by atoms with Crippen LogP contribution in [0.3, 0.4) is 0 Å². The van der Waals surface area contributed by atoms with Crippen LogP contribution in [0.25, 0.3) is 0 Å². The van der Waals surface area contributed by atoms with Crippen LogP contribution in [0.5, 0.6) is 5.75 Å². The predicted molar refractivity (Wildman–Crippen MR) is 141 cm³/mol. The molecule has 0 amide bonds. The van der Waals surface area contributed by atoms with Crippen molar-refractivity contribution < 1.29 is 4.74 Å². The number of methoxy groups -OCH3 is 1. The van der Waals surface area contributed by atoms with Crippen molar-refractivity contribution in [3.63, 3.8) is 0 Å². The fourth-order valence-electron chi connectivity index (χ4n) is 4.27. The molecule has 8 heteroatoms. The molecule has 0 bridgehead atoms. The van der Waals surface area contributed by atoms with Crippen LogP contribution in [-0.2, 0) is 0 Å². The molecule has 0 unspecified atom stereocenters. The standard InChI is InChI=1S/C23H40N6O.HI/c1-24-23(26-12-16-27-13-4-3-5-14-27)25-11-6-15-28-17-19-29(20-18-28)21-7-9-22(30-2)10-8-21;/h7-10H,3-6,11-20H2,1-2H3,(H2,24,25,26);1H. The molecule has 0 atom stereocenters. The van der Waals surface area contributed by atoms with Crippen molar-refractivity contribution in [2.45, 2.75) is 25.7 Å². The van der Waals surface area contributed by atoms with Crippen molar-refractivity contribution in [2.24, 2.45) is 4.99 Å². The highest BCUT2D eigenvalue weighted by Crippen LogP contribution is 2.20. The van der Waals surface area contributed by atoms with E-state index in [-0.39, 0.29) is 24.0 Å². The van der Waals surface area contributed by atoms with Gasteiger partial charge in [-0.2, -0.15) is 0 Å². The third-order valence-corrected chi connectivity index (χ3v) is 6.15. The van der Waals surface area contributed by atoms with E-state index >= 15 is 0 Å². The van der Waals surface area contributed by atoms with Gasteiger partial charge in [0.2, 0.25) is 0 Å². The molecule has 0 spiro atoms. The number of piperazine rings is 1. The fourth-order valence-corrected chi connectivity index (χ4v) is 4.27. The minimum Gasteiger partial charge on any atom is -0.497 e. The lowest BCUT2D eigenvalue weighted by Gasteiger charge is -2.36. The molecule has 0 aliphatic carbocycles. The molecule has 2 saturated heterocycles. The summed E-state index contributed by atoms with van der Waals surface area (Å²) < 4.78 is 5.26. The molecule has 2 N–H and O–H groups in total. The second-order valence-corrected chi connectivity index (χ2v) is 8.21. The van der Waals surface area contributed by atoms with E-state index in [9.17, 15) is 0 Å². The van der Waals surface area contributed by atoms with E-state index in [1.807, 2.05) is 19.2 Å². The molecule has 31 heavy (non-hydrogen) atoms. The molecule has 176 valence electrons. The maximum absolute atomic E-state index is 5.26. The molecule has 0 aromatic heterocycles. The number of hydrogen-bond donors (Lipinski definition) is 2. The number of aliphatic imine (C=N–C) groups is 1. The van der Waals surface area contributed by atoms with E-state index in [2.05, 4.69) is 42.5 Å². The molecule has 3 rings (SSSR count). The summed E-state index contributed by atoms with van der Waals surface area (Å²) in [7, 11) is 3.57. The summed E-state index contributed by atoms with van der Waals surface area (Å²) >= 11 is 0. The van der Waals surface area contributed by atoms with Crippen molar-refractivity contribution in [1.29, 1.82) is 0 Å². The quantitative estimate of drug-likeness (QED) is 0.216. The zero-order valence-electron chi connectivity index (χ0n) is 19.3. The highest BCUT2D eigenvalue weighted by Gasteiger charge is 2.17. The molecule has 2 aliphatic rings. The first-order chi connectivity index (χ1) is 14.8. The van der Waals surface area contributed by atoms with E-state index in [4.69, 9.17) is 4.74 Å². The van der Waals surface area contributed by atoms with Crippen LogP contribution in [0, 0.1) is 0 Å². The third kappa shape index (κ3) is 9.02. The van der Waals surface area contributed by atoms with Gasteiger partial charge in [-0.05, 0) is 63.2 Å². The molecule has 1 aromatic carbocycles. The molecule has 1 aromatic rings. The van der Waals surface area contributed by atoms with Gasteiger partial charge in [-0.25, -0.2) is 0 Å². The van der Waals surface area contributed by atoms with Crippen molar-refractivity contribution in [2.75, 3.05) is 84.5 Å². The van der Waals surface area contributed by atoms with Gasteiger partial charge in [0.05, 0.1) is 7.11 Å². The van der Waals surface area contributed by atoms with E-state index in [1.165, 1.54) is 38.0 Å². The smallest absolute Gasteiger partial charge is 0.191 e. The Bertz CT molecular complexity index is 627. The molecule has 2 heterocycles. The molecular formula is C23H41IN6O. The lowest BCUT2D eigenvalue weighted by Crippen LogP contribution is -2.47. The number of halogens is 1. The van der Waals surface area contributed by atoms with Crippen LogP contribution in [0.1, 0.15) is 25.7 Å². The number of nitrogens with zero attached hydrogens (tertiary/aromatic N) is 4. The number of benzene rings is 1. The van der Waals surface area contributed by atoms with Crippen LogP contribution >= 0.6 is 24.0 Å². The Morgan fingerprint density at radius 3 is 2.16 bits per heavy atom. The maximum atomic E-state index is 5.26. The van der Waals surface area contributed by atoms with Crippen LogP contribution in [0.2, 0.25) is 0 Å². The van der Waals surface area contributed by atoms with Crippen molar-refractivity contribution in [3.05, 3.63) is 24.3 Å². The van der Waals surface area contributed by atoms with Crippen LogP contribution in [-0.4, -0.2) is 95.4 Å². The summed E-state index contributed by atoms with van der Waals surface area (Å²) in [5, 5.41) is 6.92. The summed E-state index contributed by atoms with van der Waals surface area (Å²) in [5.41, 5.74) is 1.29. The first kappa shape index (κ1) is 26.0. The maximum Gasteiger partial charge on any atom is 0.191 e. The molecule has 7 nitrogen and oxygen atoms in total. The topological polar surface area (TPSA) is 55.4 Å². The Labute approximate surface area is 205 Å². The largest absolute Gasteiger partial charge is 0.497 e. The number of rotatable bonds is 9. The first-order valence-corrected chi connectivity index (χ1v) is 11.6. The van der Waals surface area contributed by atoms with E-state index in [0.717, 1.165) is 70.5 Å². The lowest BCUT2D eigenvalue weighted by molar-refractivity contribution is 0.232. The molecule has 2 aliphatic heterocycles. The number of piperidine rings is 1. The zero-order chi connectivity index (χ0) is 21.0. The van der Waals surface area contributed by atoms with Crippen molar-refractivity contribution in [1.82, 2.24) is 20.4 Å². The monoisotopic (exact) mass is 544 g/mol. The number of hydrogen-bond acceptors (Lipinski definition) is 5. The van der Waals surface area contributed by atoms with Crippen LogP contribution in [0.4, 0.5) is 5.69 Å². The summed E-state index contributed by atoms with van der Waals surface area (Å²) in [4.78, 5) is 11.9. The summed E-state index contributed by atoms with van der Waals surface area (Å²) in [6.07, 6.45) is 5.22. The van der Waals surface area contributed by atoms with Gasteiger partial charge in [0.15, 0.2) is 5.96 Å². The van der Waals surface area contributed by atoms with Gasteiger partial charge in [-0.3, -0.25) is 9.89 Å². The average Bonchev–Trinajstić information content (AvgIpc) is 2.82. The Morgan fingerprint density at radius 2 is 1.52 bits per heavy atom. The highest BCUT2D eigenvalue weighted by atomic mass is 127. The van der Waals surface area contributed by atoms with E-state index < -0.39 is 0 Å². The number of nitrogens with one attached hydrogen (secondary N) is 2. The Morgan fingerprint density at radius 1 is 0.871 bits per heavy atom. The summed E-state index contributed by atoms with van der Waals surface area (Å²) in [5.74, 6) is 1.84. The minimum absolute atomic E-state index is 0. The zero-order valence-corrected chi connectivity index (χ0v) is 21.6. The average molecular weight is 545 g/mol. The van der Waals surface area contributed by atoms with E-state index in [1.54, 1.807) is 7.11 Å². The molecule has 2 fully saturated rings. The Kier molecular flexibility index (Phi) is 12.4. The number of ether oxygens (including phenoxy) is 1. The van der Waals surface area contributed by atoms with Gasteiger partial charge in [0.1, 0.15) is 5.75 Å². The highest BCUT2D eigenvalue weighted by molar-refractivity contribution is 14.0. The normalized spacial score (nSPS) is 18.4. The lowest BCUT2D eigenvalue weighted by atomic mass is 10.1. The van der Waals surface area contributed by atoms with Gasteiger partial charge in [0, 0.05) is 58.5 Å². The second-order valence-electron chi connectivity index (χ2n) is 8.21. The summed E-state index contributed by atoms with van der Waals surface area (Å²) in [6, 6.07) is 8.40. The number of anilines is 1. The molecule has 0 saturated carbocycles. The molecule has 0 radical (unpaired) electrons. The number of guanidine groups is 1. The van der Waals surface area contributed by atoms with Crippen molar-refractivity contribution >= 4 is 35.6 Å². The van der Waals surface area contributed by atoms with Gasteiger partial charge < -0.3 is 25.2 Å². The SMILES string of the molecule is CN=C(NCCCN1CCN(c2ccc(OC)cc2)CC1)NCCN1CCCCC1.I. The number of likely N-dealkylation sites (tertiary alicyclic amines) is 1. The second kappa shape index (κ2) is 14.7. The van der Waals surface area contributed by atoms with E-state index in [0.29, 0.717) is 0 Å². The van der Waals surface area contributed by atoms with Crippen molar-refractivity contribution in [3.8, 4) is 5.75 Å². The van der Waals surface area contributed by atoms with Gasteiger partial charge in [-0.15, -0.1) is 24.0 Å². The third-order valence-electron chi connectivity index (χ3n) is 6.15. The van der Waals surface area contributed by atoms with Crippen LogP contribution < -0.4 is 20.3 Å². The fraction of sp³-hybridized carbons (Fsp3) is 0.696. The summed E-state index contributed by atoms with van der Waals surface area (Å²) in [6.45, 7) is 11.1. The van der Waals surface area contributed by atoms with Crippen LogP contribution in [0.15, 0.2) is 29.3 Å². The Hall–Kier alpha value is -1.26. The van der Waals surface area contributed by atoms with Gasteiger partial charge in [0.25, 0.3) is 0 Å².